The number of hydrogen-bond donors (Lipinski definition) is 1. The van der Waals surface area contributed by atoms with Gasteiger partial charge in [-0.15, -0.1) is 0 Å². The van der Waals surface area contributed by atoms with Crippen molar-refractivity contribution in [3.63, 3.8) is 0 Å². The van der Waals surface area contributed by atoms with E-state index in [0.717, 1.165) is 5.56 Å². The fourth-order valence-corrected chi connectivity index (χ4v) is 3.90. The summed E-state index contributed by atoms with van der Waals surface area (Å²) in [6.07, 6.45) is 0. The fourth-order valence-electron chi connectivity index (χ4n) is 3.64. The molecule has 7 heteroatoms. The Kier molecular flexibility index (Phi) is 5.33. The van der Waals surface area contributed by atoms with Gasteiger partial charge in [-0.2, -0.15) is 0 Å². The molecule has 1 amide bonds. The number of amides is 1. The SMILES string of the molecule is COc1ccc(/C(O)=C2/C(=O)C(=O)N(c3ccc(C)cc3)C2c2ccc(C)o2)cc1Cl. The topological polar surface area (TPSA) is 80.0 Å². The van der Waals surface area contributed by atoms with E-state index in [1.165, 1.54) is 18.1 Å². The molecule has 1 aliphatic rings. The van der Waals surface area contributed by atoms with Crippen LogP contribution >= 0.6 is 11.6 Å². The largest absolute Gasteiger partial charge is 0.507 e. The number of aliphatic hydroxyl groups is 1. The van der Waals surface area contributed by atoms with Crippen LogP contribution in [0.2, 0.25) is 5.02 Å². The van der Waals surface area contributed by atoms with Crippen LogP contribution < -0.4 is 9.64 Å². The fraction of sp³-hybridized carbons (Fsp3) is 0.167. The van der Waals surface area contributed by atoms with Crippen LogP contribution in [0.1, 0.15) is 28.7 Å². The Labute approximate surface area is 184 Å². The Balaban J connectivity index is 1.92. The number of ether oxygens (including phenoxy) is 1. The van der Waals surface area contributed by atoms with Crippen molar-refractivity contribution >= 4 is 34.7 Å². The van der Waals surface area contributed by atoms with Gasteiger partial charge in [0, 0.05) is 11.3 Å². The average Bonchev–Trinajstić information content (AvgIpc) is 3.29. The minimum absolute atomic E-state index is 0.0684. The lowest BCUT2D eigenvalue weighted by Crippen LogP contribution is -2.29. The minimum atomic E-state index is -0.919. The van der Waals surface area contributed by atoms with Crippen LogP contribution in [-0.2, 0) is 9.59 Å². The molecule has 1 N–H and O–H groups in total. The second-order valence-corrected chi connectivity index (χ2v) is 7.71. The lowest BCUT2D eigenvalue weighted by molar-refractivity contribution is -0.132. The smallest absolute Gasteiger partial charge is 0.300 e. The zero-order chi connectivity index (χ0) is 22.3. The second kappa shape index (κ2) is 7.96. The zero-order valence-electron chi connectivity index (χ0n) is 17.2. The summed E-state index contributed by atoms with van der Waals surface area (Å²) >= 11 is 6.20. The van der Waals surface area contributed by atoms with E-state index in [4.69, 9.17) is 20.8 Å². The number of carbonyl (C=O) groups excluding carboxylic acids is 2. The maximum Gasteiger partial charge on any atom is 0.300 e. The molecule has 1 unspecified atom stereocenters. The summed E-state index contributed by atoms with van der Waals surface area (Å²) in [4.78, 5) is 27.4. The predicted octanol–water partition coefficient (Wildman–Crippen LogP) is 5.18. The normalized spacial score (nSPS) is 17.9. The molecule has 1 atom stereocenters. The quantitative estimate of drug-likeness (QED) is 0.345. The summed E-state index contributed by atoms with van der Waals surface area (Å²) in [5, 5.41) is 11.4. The molecule has 31 heavy (non-hydrogen) atoms. The van der Waals surface area contributed by atoms with Gasteiger partial charge in [0.05, 0.1) is 17.7 Å². The van der Waals surface area contributed by atoms with Gasteiger partial charge in [0.1, 0.15) is 29.1 Å². The lowest BCUT2D eigenvalue weighted by Gasteiger charge is -2.23. The van der Waals surface area contributed by atoms with Gasteiger partial charge in [-0.3, -0.25) is 14.5 Å². The van der Waals surface area contributed by atoms with Crippen LogP contribution in [0.3, 0.4) is 0 Å². The van der Waals surface area contributed by atoms with Crippen LogP contribution in [0.5, 0.6) is 5.75 Å². The highest BCUT2D eigenvalue weighted by Crippen LogP contribution is 2.43. The van der Waals surface area contributed by atoms with Crippen molar-refractivity contribution in [3.8, 4) is 5.75 Å². The Morgan fingerprint density at radius 3 is 2.35 bits per heavy atom. The molecule has 1 aromatic heterocycles. The van der Waals surface area contributed by atoms with Gasteiger partial charge in [0.2, 0.25) is 0 Å². The average molecular weight is 438 g/mol. The Bertz CT molecular complexity index is 1210. The Morgan fingerprint density at radius 1 is 1.06 bits per heavy atom. The number of Topliss-reactive ketones (excluding diaryl/α,β-unsaturated/α-hetero) is 1. The third-order valence-corrected chi connectivity index (χ3v) is 5.51. The molecule has 1 saturated heterocycles. The summed E-state index contributed by atoms with van der Waals surface area (Å²) in [6.45, 7) is 3.70. The molecule has 6 nitrogen and oxygen atoms in total. The first-order valence-electron chi connectivity index (χ1n) is 9.59. The lowest BCUT2D eigenvalue weighted by atomic mass is 9.99. The molecule has 2 heterocycles. The zero-order valence-corrected chi connectivity index (χ0v) is 17.9. The number of anilines is 1. The second-order valence-electron chi connectivity index (χ2n) is 7.30. The van der Waals surface area contributed by atoms with Crippen molar-refractivity contribution in [2.75, 3.05) is 12.0 Å². The number of hydrogen-bond acceptors (Lipinski definition) is 5. The molecule has 0 aliphatic carbocycles. The monoisotopic (exact) mass is 437 g/mol. The molecule has 0 bridgehead atoms. The molecular weight excluding hydrogens is 418 g/mol. The van der Waals surface area contributed by atoms with Crippen molar-refractivity contribution in [3.05, 3.63) is 87.8 Å². The molecule has 4 rings (SSSR count). The molecule has 3 aromatic rings. The number of aliphatic hydroxyl groups excluding tert-OH is 1. The van der Waals surface area contributed by atoms with Crippen LogP contribution in [0.15, 0.2) is 64.6 Å². The van der Waals surface area contributed by atoms with Gasteiger partial charge in [0.25, 0.3) is 11.7 Å². The Hall–Kier alpha value is -3.51. The highest BCUT2D eigenvalue weighted by molar-refractivity contribution is 6.51. The Morgan fingerprint density at radius 2 is 1.77 bits per heavy atom. The van der Waals surface area contributed by atoms with Crippen molar-refractivity contribution in [2.24, 2.45) is 0 Å². The number of methoxy groups -OCH3 is 1. The van der Waals surface area contributed by atoms with Gasteiger partial charge in [-0.1, -0.05) is 29.3 Å². The number of ketones is 1. The van der Waals surface area contributed by atoms with E-state index < -0.39 is 17.7 Å². The van der Waals surface area contributed by atoms with E-state index in [1.807, 2.05) is 19.1 Å². The number of furan rings is 1. The predicted molar refractivity (Wildman–Crippen MR) is 117 cm³/mol. The van der Waals surface area contributed by atoms with E-state index in [9.17, 15) is 14.7 Å². The van der Waals surface area contributed by atoms with Gasteiger partial charge < -0.3 is 14.3 Å². The molecule has 1 fully saturated rings. The van der Waals surface area contributed by atoms with Crippen molar-refractivity contribution in [1.82, 2.24) is 0 Å². The highest BCUT2D eigenvalue weighted by Gasteiger charge is 2.48. The van der Waals surface area contributed by atoms with Crippen LogP contribution in [-0.4, -0.2) is 23.9 Å². The van der Waals surface area contributed by atoms with Gasteiger partial charge in [-0.05, 0) is 56.3 Å². The molecule has 158 valence electrons. The standard InChI is InChI=1S/C24H20ClNO5/c1-13-4-8-16(9-5-13)26-21(19-10-6-14(2)31-19)20(23(28)24(26)29)22(27)15-7-11-18(30-3)17(25)12-15/h4-12,21,27H,1-3H3/b22-20-. The van der Waals surface area contributed by atoms with Crippen molar-refractivity contribution < 1.29 is 23.8 Å². The first-order valence-corrected chi connectivity index (χ1v) is 9.97. The van der Waals surface area contributed by atoms with Crippen LogP contribution in [0, 0.1) is 13.8 Å². The first kappa shape index (κ1) is 20.8. The van der Waals surface area contributed by atoms with E-state index in [1.54, 1.807) is 43.3 Å². The summed E-state index contributed by atoms with van der Waals surface area (Å²) in [7, 11) is 1.48. The molecule has 0 spiro atoms. The number of carbonyl (C=O) groups is 2. The first-order chi connectivity index (χ1) is 14.8. The van der Waals surface area contributed by atoms with Crippen molar-refractivity contribution in [1.29, 1.82) is 0 Å². The summed E-state index contributed by atoms with van der Waals surface area (Å²) < 4.78 is 10.9. The van der Waals surface area contributed by atoms with Crippen molar-refractivity contribution in [2.45, 2.75) is 19.9 Å². The van der Waals surface area contributed by atoms with E-state index in [0.29, 0.717) is 28.5 Å². The third kappa shape index (κ3) is 3.59. The third-order valence-electron chi connectivity index (χ3n) is 5.21. The maximum absolute atomic E-state index is 13.1. The summed E-state index contributed by atoms with van der Waals surface area (Å²) in [5.74, 6) is -0.461. The van der Waals surface area contributed by atoms with E-state index in [-0.39, 0.29) is 16.4 Å². The number of benzene rings is 2. The molecule has 0 saturated carbocycles. The number of aryl methyl sites for hydroxylation is 2. The maximum atomic E-state index is 13.1. The van der Waals surface area contributed by atoms with Gasteiger partial charge in [-0.25, -0.2) is 0 Å². The summed E-state index contributed by atoms with van der Waals surface area (Å²) in [5.41, 5.74) is 1.76. The van der Waals surface area contributed by atoms with Crippen LogP contribution in [0.25, 0.3) is 5.76 Å². The molecular formula is C24H20ClNO5. The minimum Gasteiger partial charge on any atom is -0.507 e. The summed E-state index contributed by atoms with van der Waals surface area (Å²) in [6, 6.07) is 14.4. The number of nitrogens with zero attached hydrogens (tertiary/aromatic N) is 1. The number of halogens is 1. The molecule has 2 aromatic carbocycles. The molecule has 1 aliphatic heterocycles. The van der Waals surface area contributed by atoms with Gasteiger partial charge >= 0.3 is 0 Å². The van der Waals surface area contributed by atoms with E-state index in [2.05, 4.69) is 0 Å². The van der Waals surface area contributed by atoms with Gasteiger partial charge in [0.15, 0.2) is 0 Å². The number of rotatable bonds is 4. The van der Waals surface area contributed by atoms with Crippen LogP contribution in [0.4, 0.5) is 5.69 Å². The highest BCUT2D eigenvalue weighted by atomic mass is 35.5. The molecule has 0 radical (unpaired) electrons. The van der Waals surface area contributed by atoms with E-state index >= 15 is 0 Å².